The van der Waals surface area contributed by atoms with Gasteiger partial charge in [-0.05, 0) is 54.6 Å². The van der Waals surface area contributed by atoms with Crippen LogP contribution in [0, 0.1) is 0 Å². The Labute approximate surface area is 195 Å². The molecule has 5 nitrogen and oxygen atoms in total. The number of anilines is 3. The van der Waals surface area contributed by atoms with E-state index in [1.165, 1.54) is 5.56 Å². The maximum absolute atomic E-state index is 6.08. The molecule has 0 saturated heterocycles. The molecular weight excluding hydrogens is 451 g/mol. The summed E-state index contributed by atoms with van der Waals surface area (Å²) in [5, 5.41) is 11.3. The number of amidine groups is 1. The van der Waals surface area contributed by atoms with Gasteiger partial charge in [0.05, 0.1) is 19.3 Å². The minimum Gasteiger partial charge on any atom is -0.362 e. The van der Waals surface area contributed by atoms with Crippen molar-refractivity contribution in [2.45, 2.75) is 10.9 Å². The minimum atomic E-state index is -0.360. The van der Waals surface area contributed by atoms with Gasteiger partial charge in [-0.25, -0.2) is 5.06 Å². The molecule has 0 aromatic heterocycles. The lowest BCUT2D eigenvalue weighted by atomic mass is 9.97. The minimum absolute atomic E-state index is 0.172. The summed E-state index contributed by atoms with van der Waals surface area (Å²) in [6, 6.07) is 23.6. The molecule has 1 spiro atoms. The van der Waals surface area contributed by atoms with Crippen molar-refractivity contribution in [1.82, 2.24) is 0 Å². The third kappa shape index (κ3) is 3.74. The van der Waals surface area contributed by atoms with Crippen molar-refractivity contribution >= 4 is 57.2 Å². The number of hydroxylamine groups is 1. The van der Waals surface area contributed by atoms with Crippen molar-refractivity contribution < 1.29 is 4.84 Å². The molecule has 2 N–H and O–H groups in total. The van der Waals surface area contributed by atoms with Crippen LogP contribution in [0.3, 0.4) is 0 Å². The summed E-state index contributed by atoms with van der Waals surface area (Å²) in [5.41, 5.74) is 4.13. The first-order valence-corrected chi connectivity index (χ1v) is 11.4. The first-order chi connectivity index (χ1) is 15.1. The fourth-order valence-corrected chi connectivity index (χ4v) is 5.59. The zero-order valence-corrected chi connectivity index (χ0v) is 19.0. The highest BCUT2D eigenvalue weighted by molar-refractivity contribution is 8.15. The second kappa shape index (κ2) is 8.28. The molecule has 0 aliphatic carbocycles. The van der Waals surface area contributed by atoms with E-state index in [-0.39, 0.29) is 10.9 Å². The molecule has 0 amide bonds. The Hall–Kier alpha value is -2.38. The monoisotopic (exact) mass is 470 g/mol. The fourth-order valence-electron chi connectivity index (χ4n) is 4.01. The van der Waals surface area contributed by atoms with E-state index in [2.05, 4.69) is 28.8 Å². The molecule has 2 atom stereocenters. The summed E-state index contributed by atoms with van der Waals surface area (Å²) in [4.78, 5) is 10.7. The first kappa shape index (κ1) is 20.5. The topological polar surface area (TPSA) is 48.9 Å². The number of halogens is 2. The van der Waals surface area contributed by atoms with Crippen molar-refractivity contribution in [1.29, 1.82) is 0 Å². The van der Waals surface area contributed by atoms with Gasteiger partial charge in [0, 0.05) is 27.0 Å². The Kier molecular flexibility index (Phi) is 5.48. The Morgan fingerprint density at radius 2 is 1.61 bits per heavy atom. The number of nitrogens with one attached hydrogen (secondary N) is 2. The van der Waals surface area contributed by atoms with Crippen LogP contribution in [-0.4, -0.2) is 25.0 Å². The summed E-state index contributed by atoms with van der Waals surface area (Å²) in [6.45, 7) is 0.607. The number of fused-ring (bicyclic) bond motifs is 2. The third-order valence-electron chi connectivity index (χ3n) is 5.45. The summed E-state index contributed by atoms with van der Waals surface area (Å²) in [7, 11) is 1.69. The van der Waals surface area contributed by atoms with E-state index in [1.54, 1.807) is 18.9 Å². The van der Waals surface area contributed by atoms with Crippen LogP contribution in [0.1, 0.15) is 5.56 Å². The lowest BCUT2D eigenvalue weighted by Crippen LogP contribution is -2.49. The van der Waals surface area contributed by atoms with Crippen LogP contribution in [0.2, 0.25) is 10.0 Å². The van der Waals surface area contributed by atoms with Gasteiger partial charge in [-0.1, -0.05) is 53.2 Å². The molecule has 0 radical (unpaired) electrons. The highest BCUT2D eigenvalue weighted by Crippen LogP contribution is 2.55. The van der Waals surface area contributed by atoms with Crippen LogP contribution in [0.4, 0.5) is 17.1 Å². The van der Waals surface area contributed by atoms with Crippen molar-refractivity contribution in [3.8, 4) is 0 Å². The molecule has 3 aromatic rings. The zero-order chi connectivity index (χ0) is 21.4. The molecular formula is C23H20Cl2N4OS. The number of nitrogens with zero attached hydrogens (tertiary/aromatic N) is 2. The second-order valence-corrected chi connectivity index (χ2v) is 9.52. The molecule has 3 aromatic carbocycles. The number of aliphatic imine (C=N–C) groups is 1. The van der Waals surface area contributed by atoms with E-state index in [0.717, 1.165) is 22.2 Å². The smallest absolute Gasteiger partial charge is 0.162 e. The van der Waals surface area contributed by atoms with Gasteiger partial charge in [0.1, 0.15) is 10.9 Å². The molecule has 0 unspecified atom stereocenters. The lowest BCUT2D eigenvalue weighted by molar-refractivity contribution is 0.145. The van der Waals surface area contributed by atoms with E-state index in [4.69, 9.17) is 33.0 Å². The highest BCUT2D eigenvalue weighted by atomic mass is 35.5. The Balaban J connectivity index is 1.48. The normalized spacial score (nSPS) is 21.8. The molecule has 31 heavy (non-hydrogen) atoms. The third-order valence-corrected chi connectivity index (χ3v) is 7.31. The van der Waals surface area contributed by atoms with Crippen molar-refractivity contribution in [3.05, 3.63) is 88.4 Å². The number of rotatable bonds is 4. The van der Waals surface area contributed by atoms with Crippen LogP contribution in [-0.2, 0) is 9.58 Å². The number of hydrogen-bond acceptors (Lipinski definition) is 6. The molecule has 8 heteroatoms. The fraction of sp³-hybridized carbons (Fsp3) is 0.174. The summed E-state index contributed by atoms with van der Waals surface area (Å²) in [5.74, 6) is 0. The average Bonchev–Trinajstić information content (AvgIpc) is 3.31. The largest absolute Gasteiger partial charge is 0.362 e. The number of hydrogen-bond donors (Lipinski definition) is 2. The maximum atomic E-state index is 6.08. The van der Waals surface area contributed by atoms with Crippen LogP contribution >= 0.6 is 35.0 Å². The predicted octanol–water partition coefficient (Wildman–Crippen LogP) is 6.22. The van der Waals surface area contributed by atoms with Gasteiger partial charge in [0.2, 0.25) is 0 Å². The van der Waals surface area contributed by atoms with Gasteiger partial charge >= 0.3 is 0 Å². The van der Waals surface area contributed by atoms with Crippen molar-refractivity contribution in [2.24, 2.45) is 4.99 Å². The molecule has 158 valence electrons. The van der Waals surface area contributed by atoms with Crippen molar-refractivity contribution in [2.75, 3.05) is 29.4 Å². The van der Waals surface area contributed by atoms with Gasteiger partial charge in [-0.2, -0.15) is 0 Å². The molecule has 0 bridgehead atoms. The lowest BCUT2D eigenvalue weighted by Gasteiger charge is -2.35. The molecule has 2 aliphatic heterocycles. The number of benzene rings is 3. The maximum Gasteiger partial charge on any atom is 0.162 e. The summed E-state index contributed by atoms with van der Waals surface area (Å²) >= 11 is 13.8. The van der Waals surface area contributed by atoms with Crippen LogP contribution in [0.5, 0.6) is 0 Å². The first-order valence-electron chi connectivity index (χ1n) is 9.80. The molecule has 5 rings (SSSR count). The summed E-state index contributed by atoms with van der Waals surface area (Å²) < 4.78 is -0.360. The quantitative estimate of drug-likeness (QED) is 0.473. The van der Waals surface area contributed by atoms with E-state index in [9.17, 15) is 0 Å². The van der Waals surface area contributed by atoms with Gasteiger partial charge in [0.15, 0.2) is 5.17 Å². The van der Waals surface area contributed by atoms with Crippen molar-refractivity contribution in [3.63, 3.8) is 0 Å². The number of thioether (sulfide) groups is 1. The van der Waals surface area contributed by atoms with E-state index in [1.807, 2.05) is 59.7 Å². The number of para-hydroxylation sites is 1. The Morgan fingerprint density at radius 3 is 2.29 bits per heavy atom. The van der Waals surface area contributed by atoms with E-state index >= 15 is 0 Å². The predicted molar refractivity (Wildman–Crippen MR) is 131 cm³/mol. The Bertz CT molecular complexity index is 1120. The highest BCUT2D eigenvalue weighted by Gasteiger charge is 2.55. The van der Waals surface area contributed by atoms with Crippen LogP contribution in [0.15, 0.2) is 77.8 Å². The Morgan fingerprint density at radius 1 is 0.968 bits per heavy atom. The molecule has 2 heterocycles. The van der Waals surface area contributed by atoms with Gasteiger partial charge < -0.3 is 10.6 Å². The molecule has 0 saturated carbocycles. The van der Waals surface area contributed by atoms with Gasteiger partial charge in [-0.15, -0.1) is 0 Å². The van der Waals surface area contributed by atoms with Crippen LogP contribution < -0.4 is 15.7 Å². The summed E-state index contributed by atoms with van der Waals surface area (Å²) in [6.07, 6.45) is -0.172. The van der Waals surface area contributed by atoms with Crippen LogP contribution in [0.25, 0.3) is 0 Å². The molecule has 2 aliphatic rings. The van der Waals surface area contributed by atoms with E-state index < -0.39 is 0 Å². The standard InChI is InChI=1S/C23H20Cl2N4OS/c1-30-29-20-5-3-2-4-19(20)23(21(29)27-17-10-6-15(24)7-11-17)14-26-22(31-23)28-18-12-8-16(25)9-13-18/h2-13,21,27H,14H2,1H3,(H,26,28)/t21-,23-/m0/s1. The molecule has 0 fully saturated rings. The van der Waals surface area contributed by atoms with Gasteiger partial charge in [0.25, 0.3) is 0 Å². The van der Waals surface area contributed by atoms with E-state index in [0.29, 0.717) is 16.6 Å². The SMILES string of the molecule is CON1c2ccccc2[C@@]2(CN=C(Nc3ccc(Cl)cc3)S2)[C@H]1Nc1ccc(Cl)cc1. The second-order valence-electron chi connectivity index (χ2n) is 7.32. The van der Waals surface area contributed by atoms with Gasteiger partial charge in [-0.3, -0.25) is 9.83 Å². The average molecular weight is 471 g/mol. The zero-order valence-electron chi connectivity index (χ0n) is 16.7.